The Hall–Kier alpha value is -3.13. The lowest BCUT2D eigenvalue weighted by Crippen LogP contribution is -2.14. The maximum atomic E-state index is 12.3. The fraction of sp³-hybridized carbons (Fsp3) is 0.304. The van der Waals surface area contributed by atoms with Crippen molar-refractivity contribution in [2.75, 3.05) is 17.7 Å². The monoisotopic (exact) mass is 438 g/mol. The lowest BCUT2D eigenvalue weighted by atomic mass is 10.1. The smallest absolute Gasteiger partial charge is 0.234 e. The molecule has 3 aromatic rings. The van der Waals surface area contributed by atoms with Crippen molar-refractivity contribution in [2.45, 2.75) is 31.8 Å². The Morgan fingerprint density at radius 1 is 1.06 bits per heavy atom. The number of hydrogen-bond donors (Lipinski definition) is 1. The van der Waals surface area contributed by atoms with Crippen LogP contribution in [0.2, 0.25) is 0 Å². The number of rotatable bonds is 10. The number of nitrogens with one attached hydrogen (secondary N) is 1. The Morgan fingerprint density at radius 2 is 1.77 bits per heavy atom. The van der Waals surface area contributed by atoms with Crippen LogP contribution in [0.15, 0.2) is 53.7 Å². The van der Waals surface area contributed by atoms with E-state index in [2.05, 4.69) is 22.4 Å². The van der Waals surface area contributed by atoms with Crippen LogP contribution in [0.4, 0.5) is 5.69 Å². The third-order valence-electron chi connectivity index (χ3n) is 4.62. The predicted molar refractivity (Wildman–Crippen MR) is 123 cm³/mol. The highest BCUT2D eigenvalue weighted by molar-refractivity contribution is 7.99. The molecular weight excluding hydrogens is 412 g/mol. The molecule has 3 rings (SSSR count). The minimum absolute atomic E-state index is 0.00909. The van der Waals surface area contributed by atoms with Gasteiger partial charge in [-0.05, 0) is 61.9 Å². The molecule has 0 saturated heterocycles. The number of carbonyl (C=O) groups excluding carboxylic acids is 2. The molecule has 31 heavy (non-hydrogen) atoms. The Balaban J connectivity index is 1.56. The van der Waals surface area contributed by atoms with Crippen molar-refractivity contribution in [3.63, 3.8) is 0 Å². The molecule has 0 saturated carbocycles. The maximum Gasteiger partial charge on any atom is 0.234 e. The number of ketones is 1. The van der Waals surface area contributed by atoms with Crippen molar-refractivity contribution in [1.29, 1.82) is 0 Å². The molecule has 0 aliphatic rings. The van der Waals surface area contributed by atoms with E-state index in [4.69, 9.17) is 4.74 Å². The highest BCUT2D eigenvalue weighted by Gasteiger charge is 2.13. The second kappa shape index (κ2) is 10.8. The number of aromatic nitrogens is 3. The van der Waals surface area contributed by atoms with Crippen LogP contribution in [0.3, 0.4) is 0 Å². The molecule has 0 fully saturated rings. The van der Waals surface area contributed by atoms with Gasteiger partial charge in [-0.1, -0.05) is 25.1 Å². The molecular formula is C23H26N4O3S. The first-order valence-corrected chi connectivity index (χ1v) is 11.1. The van der Waals surface area contributed by atoms with Gasteiger partial charge in [-0.2, -0.15) is 0 Å². The Labute approximate surface area is 186 Å². The van der Waals surface area contributed by atoms with E-state index in [9.17, 15) is 9.59 Å². The summed E-state index contributed by atoms with van der Waals surface area (Å²) in [6.07, 6.45) is 2.13. The van der Waals surface area contributed by atoms with E-state index in [0.29, 0.717) is 23.0 Å². The topological polar surface area (TPSA) is 86.1 Å². The fourth-order valence-electron chi connectivity index (χ4n) is 2.84. The minimum Gasteiger partial charge on any atom is -0.494 e. The zero-order valence-electron chi connectivity index (χ0n) is 17.9. The van der Waals surface area contributed by atoms with E-state index >= 15 is 0 Å². The summed E-state index contributed by atoms with van der Waals surface area (Å²) in [6.45, 7) is 4.35. The van der Waals surface area contributed by atoms with Crippen LogP contribution >= 0.6 is 11.8 Å². The Bertz CT molecular complexity index is 1030. The van der Waals surface area contributed by atoms with Gasteiger partial charge >= 0.3 is 0 Å². The van der Waals surface area contributed by atoms with Crippen LogP contribution in [0.25, 0.3) is 11.4 Å². The normalized spacial score (nSPS) is 10.7. The molecule has 0 aliphatic carbocycles. The second-order valence-electron chi connectivity index (χ2n) is 7.06. The average molecular weight is 439 g/mol. The fourth-order valence-corrected chi connectivity index (χ4v) is 3.55. The van der Waals surface area contributed by atoms with Crippen LogP contribution in [-0.4, -0.2) is 38.8 Å². The first-order valence-electron chi connectivity index (χ1n) is 10.1. The predicted octanol–water partition coefficient (Wildman–Crippen LogP) is 4.59. The zero-order valence-corrected chi connectivity index (χ0v) is 18.7. The van der Waals surface area contributed by atoms with Crippen molar-refractivity contribution < 1.29 is 14.3 Å². The van der Waals surface area contributed by atoms with Crippen LogP contribution in [0.1, 0.15) is 37.0 Å². The molecule has 0 unspecified atom stereocenters. The van der Waals surface area contributed by atoms with E-state index in [1.807, 2.05) is 35.9 Å². The summed E-state index contributed by atoms with van der Waals surface area (Å²) in [4.78, 5) is 23.6. The number of unbranched alkanes of at least 4 members (excludes halogenated alkanes) is 1. The first kappa shape index (κ1) is 22.6. The van der Waals surface area contributed by atoms with Gasteiger partial charge in [0.15, 0.2) is 16.8 Å². The quantitative estimate of drug-likeness (QED) is 0.283. The number of hydrogen-bond acceptors (Lipinski definition) is 6. The van der Waals surface area contributed by atoms with Crippen LogP contribution in [0.5, 0.6) is 5.75 Å². The Kier molecular flexibility index (Phi) is 7.83. The van der Waals surface area contributed by atoms with Crippen molar-refractivity contribution in [1.82, 2.24) is 14.8 Å². The lowest BCUT2D eigenvalue weighted by molar-refractivity contribution is -0.113. The standard InChI is InChI=1S/C23H26N4O3S/c1-4-5-14-30-20-12-8-18(9-13-20)22-25-26-23(27(22)3)31-15-21(29)24-19-10-6-17(7-11-19)16(2)28/h6-13H,4-5,14-15H2,1-3H3,(H,24,29). The molecule has 0 aliphatic heterocycles. The van der Waals surface area contributed by atoms with Gasteiger partial charge in [-0.15, -0.1) is 10.2 Å². The second-order valence-corrected chi connectivity index (χ2v) is 8.00. The number of Topliss-reactive ketones (excluding diaryl/α,β-unsaturated/α-hetero) is 1. The SMILES string of the molecule is CCCCOc1ccc(-c2nnc(SCC(=O)Nc3ccc(C(C)=O)cc3)n2C)cc1. The van der Waals surface area contributed by atoms with Crippen molar-refractivity contribution in [3.8, 4) is 17.1 Å². The highest BCUT2D eigenvalue weighted by atomic mass is 32.2. The van der Waals surface area contributed by atoms with Crippen molar-refractivity contribution >= 4 is 29.1 Å². The molecule has 7 nitrogen and oxygen atoms in total. The molecule has 1 aromatic heterocycles. The molecule has 8 heteroatoms. The van der Waals surface area contributed by atoms with Gasteiger partial charge in [0.25, 0.3) is 0 Å². The molecule has 1 heterocycles. The zero-order chi connectivity index (χ0) is 22.2. The molecule has 1 N–H and O–H groups in total. The summed E-state index contributed by atoms with van der Waals surface area (Å²) < 4.78 is 7.56. The molecule has 0 atom stereocenters. The lowest BCUT2D eigenvalue weighted by Gasteiger charge is -2.07. The molecule has 0 radical (unpaired) electrons. The minimum atomic E-state index is -0.154. The van der Waals surface area contributed by atoms with Crippen molar-refractivity contribution in [2.24, 2.45) is 7.05 Å². The van der Waals surface area contributed by atoms with Gasteiger partial charge < -0.3 is 14.6 Å². The molecule has 0 bridgehead atoms. The van der Waals surface area contributed by atoms with E-state index in [-0.39, 0.29) is 17.4 Å². The van der Waals surface area contributed by atoms with Gasteiger partial charge in [0, 0.05) is 23.9 Å². The van der Waals surface area contributed by atoms with Gasteiger partial charge in [-0.25, -0.2) is 0 Å². The number of anilines is 1. The number of nitrogens with zero attached hydrogens (tertiary/aromatic N) is 3. The van der Waals surface area contributed by atoms with E-state index in [0.717, 1.165) is 30.0 Å². The summed E-state index contributed by atoms with van der Waals surface area (Å²) >= 11 is 1.31. The molecule has 1 amide bonds. The number of amides is 1. The third kappa shape index (κ3) is 6.18. The summed E-state index contributed by atoms with van der Waals surface area (Å²) in [5.41, 5.74) is 2.19. The van der Waals surface area contributed by atoms with Gasteiger partial charge in [-0.3, -0.25) is 9.59 Å². The summed E-state index contributed by atoms with van der Waals surface area (Å²) in [7, 11) is 1.88. The number of ether oxygens (including phenoxy) is 1. The van der Waals surface area contributed by atoms with Crippen LogP contribution in [0, 0.1) is 0 Å². The van der Waals surface area contributed by atoms with E-state index < -0.39 is 0 Å². The number of carbonyl (C=O) groups is 2. The summed E-state index contributed by atoms with van der Waals surface area (Å²) in [5, 5.41) is 12.0. The maximum absolute atomic E-state index is 12.3. The van der Waals surface area contributed by atoms with E-state index in [1.165, 1.54) is 18.7 Å². The highest BCUT2D eigenvalue weighted by Crippen LogP contribution is 2.25. The molecule has 162 valence electrons. The van der Waals surface area contributed by atoms with Gasteiger partial charge in [0.05, 0.1) is 12.4 Å². The summed E-state index contributed by atoms with van der Waals surface area (Å²) in [6, 6.07) is 14.6. The molecule has 0 spiro atoms. The Morgan fingerprint density at radius 3 is 2.42 bits per heavy atom. The summed E-state index contributed by atoms with van der Waals surface area (Å²) in [5.74, 6) is 1.60. The number of benzene rings is 2. The number of thioether (sulfide) groups is 1. The van der Waals surface area contributed by atoms with Crippen molar-refractivity contribution in [3.05, 3.63) is 54.1 Å². The van der Waals surface area contributed by atoms with Crippen LogP contribution in [-0.2, 0) is 11.8 Å². The van der Waals surface area contributed by atoms with E-state index in [1.54, 1.807) is 24.3 Å². The van der Waals surface area contributed by atoms with Crippen LogP contribution < -0.4 is 10.1 Å². The van der Waals surface area contributed by atoms with Gasteiger partial charge in [0.2, 0.25) is 5.91 Å². The third-order valence-corrected chi connectivity index (χ3v) is 5.64. The largest absolute Gasteiger partial charge is 0.494 e. The average Bonchev–Trinajstić information content (AvgIpc) is 3.13. The molecule has 2 aromatic carbocycles. The first-order chi connectivity index (χ1) is 15.0. The van der Waals surface area contributed by atoms with Gasteiger partial charge in [0.1, 0.15) is 5.75 Å².